The van der Waals surface area contributed by atoms with Crippen LogP contribution in [-0.2, 0) is 0 Å². The average molecular weight is 383 g/mol. The summed E-state index contributed by atoms with van der Waals surface area (Å²) in [6, 6.07) is 10.6. The molecule has 0 aliphatic heterocycles. The predicted octanol–water partition coefficient (Wildman–Crippen LogP) is 4.08. The molecule has 24 heavy (non-hydrogen) atoms. The lowest BCUT2D eigenvalue weighted by Gasteiger charge is -2.05. The molecule has 0 saturated heterocycles. The fourth-order valence-electron chi connectivity index (χ4n) is 1.92. The van der Waals surface area contributed by atoms with E-state index in [-0.39, 0.29) is 11.5 Å². The number of hydrogen-bond donors (Lipinski definition) is 0. The van der Waals surface area contributed by atoms with Gasteiger partial charge in [-0.05, 0) is 46.8 Å². The number of thioether (sulfide) groups is 1. The molecule has 1 heterocycles. The molecule has 0 atom stereocenters. The smallest absolute Gasteiger partial charge is 0.214 e. The maximum absolute atomic E-state index is 13.3. The number of ketones is 1. The number of hydrogen-bond acceptors (Lipinski definition) is 5. The molecule has 0 N–H and O–H groups in total. The van der Waals surface area contributed by atoms with Crippen molar-refractivity contribution in [2.45, 2.75) is 5.16 Å². The molecule has 2 aromatic carbocycles. The van der Waals surface area contributed by atoms with Crippen LogP contribution in [0.5, 0.6) is 0 Å². The van der Waals surface area contributed by atoms with E-state index in [4.69, 9.17) is 23.2 Å². The highest BCUT2D eigenvalue weighted by atomic mass is 35.5. The Bertz CT molecular complexity index is 903. The highest BCUT2D eigenvalue weighted by Crippen LogP contribution is 2.24. The lowest BCUT2D eigenvalue weighted by atomic mass is 10.1. The van der Waals surface area contributed by atoms with Gasteiger partial charge < -0.3 is 0 Å². The van der Waals surface area contributed by atoms with Crippen molar-refractivity contribution in [3.8, 4) is 5.69 Å². The third-order valence-corrected chi connectivity index (χ3v) is 4.73. The third kappa shape index (κ3) is 3.75. The Kier molecular flexibility index (Phi) is 5.13. The van der Waals surface area contributed by atoms with E-state index < -0.39 is 5.82 Å². The fourth-order valence-corrected chi connectivity index (χ4v) is 3.01. The highest BCUT2D eigenvalue weighted by Gasteiger charge is 2.14. The van der Waals surface area contributed by atoms with E-state index in [9.17, 15) is 9.18 Å². The maximum Gasteiger partial charge on any atom is 0.214 e. The molecule has 0 bridgehead atoms. The van der Waals surface area contributed by atoms with Gasteiger partial charge in [0.2, 0.25) is 5.16 Å². The van der Waals surface area contributed by atoms with Crippen LogP contribution in [0.15, 0.2) is 47.6 Å². The first kappa shape index (κ1) is 16.9. The van der Waals surface area contributed by atoms with E-state index in [1.807, 2.05) is 0 Å². The van der Waals surface area contributed by atoms with Crippen LogP contribution in [0.4, 0.5) is 4.39 Å². The van der Waals surface area contributed by atoms with Gasteiger partial charge in [-0.2, -0.15) is 4.68 Å². The van der Waals surface area contributed by atoms with Crippen LogP contribution in [0.2, 0.25) is 10.0 Å². The summed E-state index contributed by atoms with van der Waals surface area (Å²) in [4.78, 5) is 12.2. The van der Waals surface area contributed by atoms with Crippen molar-refractivity contribution in [3.63, 3.8) is 0 Å². The Morgan fingerprint density at radius 2 is 2.00 bits per heavy atom. The van der Waals surface area contributed by atoms with Crippen LogP contribution >= 0.6 is 35.0 Å². The zero-order valence-electron chi connectivity index (χ0n) is 12.0. The molecule has 0 saturated carbocycles. The van der Waals surface area contributed by atoms with E-state index in [0.717, 1.165) is 11.8 Å². The van der Waals surface area contributed by atoms with Crippen molar-refractivity contribution in [3.05, 3.63) is 63.9 Å². The fraction of sp³-hybridized carbons (Fsp3) is 0.0667. The van der Waals surface area contributed by atoms with E-state index in [2.05, 4.69) is 15.5 Å². The molecule has 0 fully saturated rings. The van der Waals surface area contributed by atoms with Crippen LogP contribution in [-0.4, -0.2) is 31.7 Å². The van der Waals surface area contributed by atoms with Gasteiger partial charge in [-0.25, -0.2) is 4.39 Å². The number of benzene rings is 2. The van der Waals surface area contributed by atoms with Crippen LogP contribution in [0.1, 0.15) is 10.4 Å². The van der Waals surface area contributed by atoms with E-state index in [1.54, 1.807) is 24.3 Å². The molecule has 0 aliphatic rings. The first-order valence-electron chi connectivity index (χ1n) is 6.70. The molecule has 1 aromatic heterocycles. The van der Waals surface area contributed by atoms with Crippen LogP contribution < -0.4 is 0 Å². The maximum atomic E-state index is 13.3. The van der Waals surface area contributed by atoms with Gasteiger partial charge in [0.1, 0.15) is 5.82 Å². The number of carbonyl (C=O) groups excluding carboxylic acids is 1. The molecule has 0 radical (unpaired) electrons. The van der Waals surface area contributed by atoms with Crippen LogP contribution in [0.25, 0.3) is 5.69 Å². The Labute approximate surface area is 150 Å². The standard InChI is InChI=1S/C15H9Cl2FN4OS/c16-12-5-4-9(6-13(12)17)14(23)8-24-15-19-20-21-22(15)11-3-1-2-10(18)7-11/h1-7H,8H2. The molecule has 5 nitrogen and oxygen atoms in total. The lowest BCUT2D eigenvalue weighted by Crippen LogP contribution is -2.05. The first-order valence-corrected chi connectivity index (χ1v) is 8.44. The van der Waals surface area contributed by atoms with E-state index in [1.165, 1.54) is 22.9 Å². The number of aromatic nitrogens is 4. The van der Waals surface area contributed by atoms with Gasteiger partial charge in [-0.3, -0.25) is 4.79 Å². The number of rotatable bonds is 5. The molecule has 0 amide bonds. The van der Waals surface area contributed by atoms with Crippen molar-refractivity contribution in [2.24, 2.45) is 0 Å². The number of nitrogens with zero attached hydrogens (tertiary/aromatic N) is 4. The second-order valence-corrected chi connectivity index (χ2v) is 6.45. The minimum atomic E-state index is -0.397. The van der Waals surface area contributed by atoms with E-state index in [0.29, 0.717) is 26.5 Å². The Hall–Kier alpha value is -1.96. The van der Waals surface area contributed by atoms with Crippen LogP contribution in [0, 0.1) is 5.82 Å². The summed E-state index contributed by atoms with van der Waals surface area (Å²) in [7, 11) is 0. The van der Waals surface area contributed by atoms with Gasteiger partial charge in [0.15, 0.2) is 5.78 Å². The van der Waals surface area contributed by atoms with Gasteiger partial charge in [0.25, 0.3) is 0 Å². The largest absolute Gasteiger partial charge is 0.293 e. The number of halogens is 3. The minimum Gasteiger partial charge on any atom is -0.293 e. The summed E-state index contributed by atoms with van der Waals surface area (Å²) in [5.41, 5.74) is 0.922. The zero-order chi connectivity index (χ0) is 17.1. The number of Topliss-reactive ketones (excluding diaryl/α,β-unsaturated/α-hetero) is 1. The monoisotopic (exact) mass is 382 g/mol. The minimum absolute atomic E-state index is 0.105. The lowest BCUT2D eigenvalue weighted by molar-refractivity contribution is 0.102. The van der Waals surface area contributed by atoms with Crippen molar-refractivity contribution in [1.82, 2.24) is 20.2 Å². The summed E-state index contributed by atoms with van der Waals surface area (Å²) in [6.45, 7) is 0. The second-order valence-electron chi connectivity index (χ2n) is 4.69. The van der Waals surface area contributed by atoms with Gasteiger partial charge in [0.05, 0.1) is 21.5 Å². The molecule has 9 heteroatoms. The SMILES string of the molecule is O=C(CSc1nnnn1-c1cccc(F)c1)c1ccc(Cl)c(Cl)c1. The van der Waals surface area contributed by atoms with Crippen molar-refractivity contribution >= 4 is 40.7 Å². The molecule has 3 rings (SSSR count). The van der Waals surface area contributed by atoms with Gasteiger partial charge >= 0.3 is 0 Å². The van der Waals surface area contributed by atoms with Crippen LogP contribution in [0.3, 0.4) is 0 Å². The average Bonchev–Trinajstić information content (AvgIpc) is 3.03. The molecule has 0 unspecified atom stereocenters. The molecule has 3 aromatic rings. The molecular formula is C15H9Cl2FN4OS. The summed E-state index contributed by atoms with van der Waals surface area (Å²) >= 11 is 12.9. The number of carbonyl (C=O) groups is 1. The highest BCUT2D eigenvalue weighted by molar-refractivity contribution is 7.99. The Morgan fingerprint density at radius 3 is 2.75 bits per heavy atom. The Morgan fingerprint density at radius 1 is 1.17 bits per heavy atom. The quantitative estimate of drug-likeness (QED) is 0.491. The van der Waals surface area contributed by atoms with Gasteiger partial charge in [-0.1, -0.05) is 41.0 Å². The molecule has 122 valence electrons. The van der Waals surface area contributed by atoms with Gasteiger partial charge in [-0.15, -0.1) is 5.10 Å². The first-order chi connectivity index (χ1) is 11.5. The second kappa shape index (κ2) is 7.29. The molecule has 0 spiro atoms. The summed E-state index contributed by atoms with van der Waals surface area (Å²) in [5, 5.41) is 12.3. The topological polar surface area (TPSA) is 60.7 Å². The Balaban J connectivity index is 1.75. The molecular weight excluding hydrogens is 374 g/mol. The van der Waals surface area contributed by atoms with E-state index >= 15 is 0 Å². The summed E-state index contributed by atoms with van der Waals surface area (Å²) < 4.78 is 14.7. The van der Waals surface area contributed by atoms with Gasteiger partial charge in [0, 0.05) is 5.56 Å². The third-order valence-electron chi connectivity index (χ3n) is 3.07. The summed E-state index contributed by atoms with van der Waals surface area (Å²) in [5.74, 6) is -0.439. The van der Waals surface area contributed by atoms with Crippen molar-refractivity contribution in [1.29, 1.82) is 0 Å². The van der Waals surface area contributed by atoms with Crippen molar-refractivity contribution < 1.29 is 9.18 Å². The molecule has 0 aliphatic carbocycles. The predicted molar refractivity (Wildman–Crippen MR) is 90.6 cm³/mol. The summed E-state index contributed by atoms with van der Waals surface area (Å²) in [6.07, 6.45) is 0. The normalized spacial score (nSPS) is 10.8. The number of tetrazole rings is 1. The zero-order valence-corrected chi connectivity index (χ0v) is 14.3. The van der Waals surface area contributed by atoms with Crippen molar-refractivity contribution in [2.75, 3.05) is 5.75 Å².